The lowest BCUT2D eigenvalue weighted by atomic mass is 10.1. The van der Waals surface area contributed by atoms with E-state index < -0.39 is 0 Å². The topological polar surface area (TPSA) is 38.7 Å². The van der Waals surface area contributed by atoms with Crippen LogP contribution in [-0.4, -0.2) is 18.3 Å². The van der Waals surface area contributed by atoms with E-state index >= 15 is 0 Å². The van der Waals surface area contributed by atoms with E-state index in [9.17, 15) is 5.11 Å². The van der Waals surface area contributed by atoms with Crippen LogP contribution in [0.1, 0.15) is 46.0 Å². The molecule has 0 amide bonds. The average molecular weight is 330 g/mol. The van der Waals surface area contributed by atoms with Gasteiger partial charge >= 0.3 is 0 Å². The number of ether oxygens (including phenoxy) is 2. The van der Waals surface area contributed by atoms with E-state index in [1.165, 1.54) is 19.3 Å². The third kappa shape index (κ3) is 7.91. The zero-order chi connectivity index (χ0) is 17.6. The lowest BCUT2D eigenvalue weighted by Gasteiger charge is -2.18. The summed E-state index contributed by atoms with van der Waals surface area (Å²) in [5.41, 5.74) is 0. The molecule has 0 radical (unpaired) electrons. The van der Waals surface area contributed by atoms with Crippen LogP contribution in [-0.2, 0) is 0 Å². The molecule has 0 spiro atoms. The molecule has 3 heteroatoms. The number of hydrogen-bond acceptors (Lipinski definition) is 3. The minimum atomic E-state index is 0.222. The molecule has 0 saturated carbocycles. The molecular weight excluding hydrogens is 300 g/mol. The van der Waals surface area contributed by atoms with Crippen LogP contribution < -0.4 is 9.47 Å². The molecule has 2 rings (SSSR count). The second-order valence-corrected chi connectivity index (χ2v) is 5.63. The van der Waals surface area contributed by atoms with Crippen molar-refractivity contribution in [3.8, 4) is 17.2 Å². The minimum absolute atomic E-state index is 0.222. The molecule has 0 heterocycles. The van der Waals surface area contributed by atoms with Crippen molar-refractivity contribution in [2.24, 2.45) is 0 Å². The van der Waals surface area contributed by atoms with Crippen molar-refractivity contribution >= 4 is 0 Å². The first-order chi connectivity index (χ1) is 11.7. The molecular formula is C21H30O3. The van der Waals surface area contributed by atoms with Crippen LogP contribution >= 0.6 is 0 Å². The van der Waals surface area contributed by atoms with Crippen LogP contribution in [0.25, 0.3) is 0 Å². The Bertz CT molecular complexity index is 540. The number of benzene rings is 2. The molecule has 24 heavy (non-hydrogen) atoms. The molecule has 0 fully saturated rings. The van der Waals surface area contributed by atoms with Crippen LogP contribution in [0.15, 0.2) is 54.6 Å². The molecule has 1 N–H and O–H groups in total. The fraction of sp³-hybridized carbons (Fsp3) is 0.429. The summed E-state index contributed by atoms with van der Waals surface area (Å²) < 4.78 is 10.7. The van der Waals surface area contributed by atoms with Gasteiger partial charge in [0.05, 0.1) is 13.2 Å². The van der Waals surface area contributed by atoms with Crippen LogP contribution in [0, 0.1) is 0 Å². The van der Waals surface area contributed by atoms with Gasteiger partial charge in [-0.25, -0.2) is 0 Å². The van der Waals surface area contributed by atoms with Gasteiger partial charge in [0.25, 0.3) is 0 Å². The maximum atomic E-state index is 9.60. The van der Waals surface area contributed by atoms with Crippen LogP contribution in [0.4, 0.5) is 0 Å². The van der Waals surface area contributed by atoms with Gasteiger partial charge in [-0.15, -0.1) is 0 Å². The molecule has 0 bridgehead atoms. The van der Waals surface area contributed by atoms with E-state index in [4.69, 9.17) is 9.47 Å². The minimum Gasteiger partial charge on any atom is -0.504 e. The molecule has 2 aromatic rings. The summed E-state index contributed by atoms with van der Waals surface area (Å²) >= 11 is 0. The third-order valence-corrected chi connectivity index (χ3v) is 3.72. The Kier molecular flexibility index (Phi) is 10.2. The normalized spacial score (nSPS) is 11.1. The summed E-state index contributed by atoms with van der Waals surface area (Å²) in [5, 5.41) is 9.60. The Morgan fingerprint density at radius 3 is 2.12 bits per heavy atom. The van der Waals surface area contributed by atoms with Gasteiger partial charge < -0.3 is 14.6 Å². The highest BCUT2D eigenvalue weighted by Crippen LogP contribution is 2.27. The van der Waals surface area contributed by atoms with Crippen molar-refractivity contribution in [3.63, 3.8) is 0 Å². The highest BCUT2D eigenvalue weighted by Gasteiger charge is 2.09. The number of phenolic OH excluding ortho intramolecular Hbond substituents is 1. The molecule has 2 aromatic carbocycles. The van der Waals surface area contributed by atoms with Gasteiger partial charge in [-0.2, -0.15) is 0 Å². The summed E-state index contributed by atoms with van der Waals surface area (Å²) in [7, 11) is 1.66. The largest absolute Gasteiger partial charge is 0.504 e. The molecule has 3 nitrogen and oxygen atoms in total. The molecule has 1 atom stereocenters. The van der Waals surface area contributed by atoms with Crippen molar-refractivity contribution in [1.82, 2.24) is 0 Å². The van der Waals surface area contributed by atoms with Crippen molar-refractivity contribution in [2.75, 3.05) is 7.11 Å². The Labute approximate surface area is 146 Å². The van der Waals surface area contributed by atoms with Crippen LogP contribution in [0.2, 0.25) is 0 Å². The van der Waals surface area contributed by atoms with E-state index in [1.54, 1.807) is 19.2 Å². The van der Waals surface area contributed by atoms with Gasteiger partial charge in [0.2, 0.25) is 0 Å². The molecule has 0 aliphatic rings. The van der Waals surface area contributed by atoms with Crippen LogP contribution in [0.5, 0.6) is 17.2 Å². The van der Waals surface area contributed by atoms with E-state index in [1.807, 2.05) is 42.5 Å². The Hall–Kier alpha value is -2.16. The first-order valence-electron chi connectivity index (χ1n) is 8.74. The Morgan fingerprint density at radius 1 is 0.917 bits per heavy atom. The lowest BCUT2D eigenvalue weighted by molar-refractivity contribution is 0.176. The van der Waals surface area contributed by atoms with Gasteiger partial charge in [-0.3, -0.25) is 0 Å². The maximum Gasteiger partial charge on any atom is 0.161 e. The standard InChI is InChI=1S/C14H22O2.C7H8O/c1-3-5-6-9-12(4-2)16-14-11-8-7-10-13(14)15;1-8-7-5-3-2-4-6-7/h7-8,10-12,15H,3-6,9H2,1-2H3;2-6H,1H3. The van der Waals surface area contributed by atoms with Crippen molar-refractivity contribution in [2.45, 2.75) is 52.1 Å². The number of aromatic hydroxyl groups is 1. The van der Waals surface area contributed by atoms with Gasteiger partial charge in [-0.1, -0.05) is 57.0 Å². The van der Waals surface area contributed by atoms with E-state index in [0.717, 1.165) is 18.6 Å². The van der Waals surface area contributed by atoms with Crippen molar-refractivity contribution in [1.29, 1.82) is 0 Å². The molecule has 0 aliphatic carbocycles. The average Bonchev–Trinajstić information content (AvgIpc) is 2.64. The fourth-order valence-electron chi connectivity index (χ4n) is 2.26. The van der Waals surface area contributed by atoms with Crippen molar-refractivity contribution in [3.05, 3.63) is 54.6 Å². The van der Waals surface area contributed by atoms with Gasteiger partial charge in [-0.05, 0) is 43.5 Å². The van der Waals surface area contributed by atoms with Crippen LogP contribution in [0.3, 0.4) is 0 Å². The summed E-state index contributed by atoms with van der Waals surface area (Å²) in [6.45, 7) is 4.32. The monoisotopic (exact) mass is 330 g/mol. The first kappa shape index (κ1) is 19.9. The SMILES string of the molecule is CCCCCC(CC)Oc1ccccc1O.COc1ccccc1. The summed E-state index contributed by atoms with van der Waals surface area (Å²) in [5.74, 6) is 1.75. The van der Waals surface area contributed by atoms with Gasteiger partial charge in [0, 0.05) is 0 Å². The van der Waals surface area contributed by atoms with Gasteiger partial charge in [0.1, 0.15) is 5.75 Å². The number of rotatable bonds is 8. The maximum absolute atomic E-state index is 9.60. The molecule has 0 saturated heterocycles. The predicted octanol–water partition coefficient (Wildman–Crippen LogP) is 5.83. The summed E-state index contributed by atoms with van der Waals surface area (Å²) in [6.07, 6.45) is 5.95. The van der Waals surface area contributed by atoms with E-state index in [-0.39, 0.29) is 11.9 Å². The third-order valence-electron chi connectivity index (χ3n) is 3.72. The van der Waals surface area contributed by atoms with E-state index in [0.29, 0.717) is 5.75 Å². The molecule has 0 aromatic heterocycles. The quantitative estimate of drug-likeness (QED) is 0.619. The number of para-hydroxylation sites is 3. The summed E-state index contributed by atoms with van der Waals surface area (Å²) in [4.78, 5) is 0. The Balaban J connectivity index is 0.000000300. The molecule has 132 valence electrons. The smallest absolute Gasteiger partial charge is 0.161 e. The predicted molar refractivity (Wildman–Crippen MR) is 99.9 cm³/mol. The lowest BCUT2D eigenvalue weighted by Crippen LogP contribution is -2.15. The Morgan fingerprint density at radius 2 is 1.58 bits per heavy atom. The zero-order valence-electron chi connectivity index (χ0n) is 15.1. The number of unbranched alkanes of at least 4 members (excludes halogenated alkanes) is 2. The summed E-state index contributed by atoms with van der Waals surface area (Å²) in [6, 6.07) is 16.8. The number of phenols is 1. The number of methoxy groups -OCH3 is 1. The molecule has 1 unspecified atom stereocenters. The second-order valence-electron chi connectivity index (χ2n) is 5.63. The highest BCUT2D eigenvalue weighted by atomic mass is 16.5. The van der Waals surface area contributed by atoms with Gasteiger partial charge in [0.15, 0.2) is 11.5 Å². The van der Waals surface area contributed by atoms with E-state index in [2.05, 4.69) is 13.8 Å². The highest BCUT2D eigenvalue weighted by molar-refractivity contribution is 5.38. The zero-order valence-corrected chi connectivity index (χ0v) is 15.1. The first-order valence-corrected chi connectivity index (χ1v) is 8.74. The second kappa shape index (κ2) is 12.3. The fourth-order valence-corrected chi connectivity index (χ4v) is 2.26. The number of hydrogen-bond donors (Lipinski definition) is 1. The molecule has 0 aliphatic heterocycles. The van der Waals surface area contributed by atoms with Crippen molar-refractivity contribution < 1.29 is 14.6 Å².